The molecule has 0 fully saturated rings. The van der Waals surface area contributed by atoms with E-state index in [1.165, 1.54) is 17.3 Å². The van der Waals surface area contributed by atoms with Gasteiger partial charge in [0.2, 0.25) is 5.91 Å². The molecule has 2 aliphatic rings. The van der Waals surface area contributed by atoms with Gasteiger partial charge >= 0.3 is 0 Å². The number of hydrogen-bond donors (Lipinski definition) is 2. The van der Waals surface area contributed by atoms with Crippen LogP contribution in [0, 0.1) is 0 Å². The lowest BCUT2D eigenvalue weighted by Crippen LogP contribution is -2.39. The largest absolute Gasteiger partial charge is 0.354 e. The highest BCUT2D eigenvalue weighted by Gasteiger charge is 2.40. The molecular formula is C29H35N5O2S. The van der Waals surface area contributed by atoms with Crippen LogP contribution in [0.1, 0.15) is 50.3 Å². The summed E-state index contributed by atoms with van der Waals surface area (Å²) in [6.07, 6.45) is 0.215. The van der Waals surface area contributed by atoms with E-state index in [4.69, 9.17) is 4.99 Å². The molecule has 0 bridgehead atoms. The third-order valence-corrected chi connectivity index (χ3v) is 7.31. The topological polar surface area (TPSA) is 77.0 Å². The molecule has 1 unspecified atom stereocenters. The van der Waals surface area contributed by atoms with E-state index in [1.54, 1.807) is 0 Å². The maximum atomic E-state index is 13.7. The zero-order chi connectivity index (χ0) is 26.5. The molecule has 2 N–H and O–H groups in total. The minimum absolute atomic E-state index is 0.0505. The van der Waals surface area contributed by atoms with Gasteiger partial charge in [0.15, 0.2) is 5.17 Å². The van der Waals surface area contributed by atoms with Crippen LogP contribution < -0.4 is 10.6 Å². The molecular weight excluding hydrogens is 482 g/mol. The van der Waals surface area contributed by atoms with Crippen LogP contribution in [0.4, 0.5) is 5.69 Å². The summed E-state index contributed by atoms with van der Waals surface area (Å²) in [5, 5.41) is 8.80. The second-order valence-electron chi connectivity index (χ2n) is 9.86. The van der Waals surface area contributed by atoms with Gasteiger partial charge in [0.25, 0.3) is 5.91 Å². The Morgan fingerprint density at radius 1 is 1.08 bits per heavy atom. The highest BCUT2D eigenvalue weighted by molar-refractivity contribution is 8.16. The van der Waals surface area contributed by atoms with Gasteiger partial charge in [-0.15, -0.1) is 0 Å². The normalized spacial score (nSPS) is 17.1. The molecule has 2 aromatic rings. The summed E-state index contributed by atoms with van der Waals surface area (Å²) in [5.41, 5.74) is 5.03. The number of carbonyl (C=O) groups is 2. The molecule has 0 spiro atoms. The molecule has 0 radical (unpaired) electrons. The van der Waals surface area contributed by atoms with Gasteiger partial charge in [-0.3, -0.25) is 9.59 Å². The molecule has 8 heteroatoms. The predicted molar refractivity (Wildman–Crippen MR) is 152 cm³/mol. The fourth-order valence-electron chi connectivity index (χ4n) is 4.40. The van der Waals surface area contributed by atoms with E-state index < -0.39 is 6.04 Å². The molecule has 0 aromatic heterocycles. The van der Waals surface area contributed by atoms with E-state index in [-0.39, 0.29) is 18.2 Å². The summed E-state index contributed by atoms with van der Waals surface area (Å²) in [6.45, 7) is 7.56. The number of anilines is 1. The summed E-state index contributed by atoms with van der Waals surface area (Å²) in [4.78, 5) is 35.4. The minimum atomic E-state index is -0.395. The van der Waals surface area contributed by atoms with Crippen LogP contribution in [0.25, 0.3) is 0 Å². The SMILES string of the molecule is CC1=C(C(=O)Nc2ccccc2)C(c2ccc(C(C)C)cc2)N2C(CC(=O)NCCN(C)C)=CSC2=N1. The lowest BCUT2D eigenvalue weighted by atomic mass is 9.91. The number of likely N-dealkylation sites (N-methyl/N-ethyl adjacent to an activating group) is 1. The molecule has 4 rings (SSSR count). The number of allylic oxidation sites excluding steroid dienone is 1. The van der Waals surface area contributed by atoms with Crippen molar-refractivity contribution in [3.8, 4) is 0 Å². The van der Waals surface area contributed by atoms with Crippen molar-refractivity contribution in [1.29, 1.82) is 0 Å². The van der Waals surface area contributed by atoms with E-state index in [9.17, 15) is 9.59 Å². The van der Waals surface area contributed by atoms with Crippen molar-refractivity contribution in [2.75, 3.05) is 32.5 Å². The summed E-state index contributed by atoms with van der Waals surface area (Å²) in [5.74, 6) is 0.154. The highest BCUT2D eigenvalue weighted by atomic mass is 32.2. The van der Waals surface area contributed by atoms with Crippen LogP contribution in [0.15, 0.2) is 82.0 Å². The standard InChI is InChI=1S/C29H35N5O2S/c1-19(2)21-11-13-22(14-12-21)27-26(28(36)32-23-9-7-6-8-10-23)20(3)31-29-34(27)24(18-37-29)17-25(35)30-15-16-33(4)5/h6-14,18-19,27H,15-17H2,1-5H3,(H,30,35)(H,32,36). The number of aliphatic imine (C=N–C) groups is 1. The second-order valence-corrected chi connectivity index (χ2v) is 10.7. The van der Waals surface area contributed by atoms with Crippen LogP contribution in [0.5, 0.6) is 0 Å². The number of hydrogen-bond acceptors (Lipinski definition) is 6. The molecule has 7 nitrogen and oxygen atoms in total. The molecule has 0 saturated heterocycles. The van der Waals surface area contributed by atoms with Crippen molar-refractivity contribution < 1.29 is 9.59 Å². The van der Waals surface area contributed by atoms with E-state index in [0.29, 0.717) is 23.7 Å². The van der Waals surface area contributed by atoms with Crippen molar-refractivity contribution >= 4 is 34.4 Å². The average molecular weight is 518 g/mol. The van der Waals surface area contributed by atoms with E-state index in [1.807, 2.05) is 66.6 Å². The Morgan fingerprint density at radius 3 is 2.43 bits per heavy atom. The Balaban J connectivity index is 1.67. The molecule has 37 heavy (non-hydrogen) atoms. The zero-order valence-electron chi connectivity index (χ0n) is 22.1. The van der Waals surface area contributed by atoms with Gasteiger partial charge in [0.05, 0.1) is 23.7 Å². The summed E-state index contributed by atoms with van der Waals surface area (Å²) < 4.78 is 0. The van der Waals surface area contributed by atoms with Gasteiger partial charge in [-0.25, -0.2) is 4.99 Å². The fourth-order valence-corrected chi connectivity index (χ4v) is 5.37. The minimum Gasteiger partial charge on any atom is -0.354 e. The first-order valence-corrected chi connectivity index (χ1v) is 13.4. The first kappa shape index (κ1) is 26.7. The Hall–Kier alpha value is -3.36. The Labute approximate surface area is 223 Å². The number of rotatable bonds is 9. The quantitative estimate of drug-likeness (QED) is 0.485. The van der Waals surface area contributed by atoms with Crippen LogP contribution in [0.3, 0.4) is 0 Å². The van der Waals surface area contributed by atoms with Crippen molar-refractivity contribution in [2.24, 2.45) is 4.99 Å². The first-order valence-electron chi connectivity index (χ1n) is 12.6. The molecule has 1 atom stereocenters. The van der Waals surface area contributed by atoms with Gasteiger partial charge in [0, 0.05) is 24.5 Å². The Morgan fingerprint density at radius 2 is 1.78 bits per heavy atom. The van der Waals surface area contributed by atoms with Gasteiger partial charge in [-0.2, -0.15) is 0 Å². The lowest BCUT2D eigenvalue weighted by Gasteiger charge is -2.36. The number of nitrogens with one attached hydrogen (secondary N) is 2. The number of nitrogens with zero attached hydrogens (tertiary/aromatic N) is 3. The molecule has 0 saturated carbocycles. The number of para-hydroxylation sites is 1. The van der Waals surface area contributed by atoms with E-state index >= 15 is 0 Å². The zero-order valence-corrected chi connectivity index (χ0v) is 22.9. The third kappa shape index (κ3) is 6.32. The maximum Gasteiger partial charge on any atom is 0.255 e. The lowest BCUT2D eigenvalue weighted by molar-refractivity contribution is -0.120. The molecule has 2 aromatic carbocycles. The molecule has 194 valence electrons. The molecule has 2 heterocycles. The number of carbonyl (C=O) groups excluding carboxylic acids is 2. The predicted octanol–water partition coefficient (Wildman–Crippen LogP) is 5.09. The summed E-state index contributed by atoms with van der Waals surface area (Å²) >= 11 is 1.49. The fraction of sp³-hybridized carbons (Fsp3) is 0.345. The van der Waals surface area contributed by atoms with Crippen LogP contribution in [-0.4, -0.2) is 54.0 Å². The van der Waals surface area contributed by atoms with Crippen molar-refractivity contribution in [3.63, 3.8) is 0 Å². The van der Waals surface area contributed by atoms with E-state index in [2.05, 4.69) is 48.7 Å². The van der Waals surface area contributed by atoms with Gasteiger partial charge in [0.1, 0.15) is 0 Å². The number of thioether (sulfide) groups is 1. The Bertz CT molecular complexity index is 1230. The Kier molecular flexibility index (Phi) is 8.51. The summed E-state index contributed by atoms with van der Waals surface area (Å²) in [7, 11) is 3.95. The number of fused-ring (bicyclic) bond motifs is 1. The van der Waals surface area contributed by atoms with Gasteiger partial charge in [-0.05, 0) is 55.6 Å². The van der Waals surface area contributed by atoms with Gasteiger partial charge < -0.3 is 20.4 Å². The first-order chi connectivity index (χ1) is 17.7. The van der Waals surface area contributed by atoms with Gasteiger partial charge in [-0.1, -0.05) is 68.1 Å². The number of benzene rings is 2. The van der Waals surface area contributed by atoms with Crippen molar-refractivity contribution in [2.45, 2.75) is 39.2 Å². The van der Waals surface area contributed by atoms with E-state index in [0.717, 1.165) is 28.7 Å². The average Bonchev–Trinajstić information content (AvgIpc) is 3.25. The second kappa shape index (κ2) is 11.8. The molecule has 0 aliphatic carbocycles. The maximum absolute atomic E-state index is 13.7. The highest BCUT2D eigenvalue weighted by Crippen LogP contribution is 2.45. The third-order valence-electron chi connectivity index (χ3n) is 6.42. The number of amides is 2. The summed E-state index contributed by atoms with van der Waals surface area (Å²) in [6, 6.07) is 17.5. The van der Waals surface area contributed by atoms with Crippen LogP contribution in [0.2, 0.25) is 0 Å². The van der Waals surface area contributed by atoms with Crippen LogP contribution >= 0.6 is 11.8 Å². The van der Waals surface area contributed by atoms with Crippen molar-refractivity contribution in [1.82, 2.24) is 15.1 Å². The van der Waals surface area contributed by atoms with Crippen molar-refractivity contribution in [3.05, 3.63) is 88.1 Å². The number of amidine groups is 1. The van der Waals surface area contributed by atoms with Crippen LogP contribution in [-0.2, 0) is 9.59 Å². The monoisotopic (exact) mass is 517 g/mol. The molecule has 2 amide bonds. The smallest absolute Gasteiger partial charge is 0.255 e. The molecule has 2 aliphatic heterocycles.